The second-order valence-corrected chi connectivity index (χ2v) is 6.65. The summed E-state index contributed by atoms with van der Waals surface area (Å²) in [6.07, 6.45) is 3.76. The third kappa shape index (κ3) is 4.21. The number of likely N-dealkylation sites (tertiary alicyclic amines) is 1. The average Bonchev–Trinajstić information content (AvgIpc) is 2.82. The minimum atomic E-state index is 0.324. The number of nitrogens with one attached hydrogen (secondary N) is 1. The second-order valence-electron chi connectivity index (χ2n) is 6.65. The van der Waals surface area contributed by atoms with E-state index in [2.05, 4.69) is 49.2 Å². The van der Waals surface area contributed by atoms with Gasteiger partial charge in [0.15, 0.2) is 0 Å². The minimum Gasteiger partial charge on any atom is -0.497 e. The Kier molecular flexibility index (Phi) is 5.65. The van der Waals surface area contributed by atoms with Crippen LogP contribution >= 0.6 is 0 Å². The molecule has 0 saturated carbocycles. The predicted molar refractivity (Wildman–Crippen MR) is 88.9 cm³/mol. The maximum absolute atomic E-state index is 5.38. The largest absolute Gasteiger partial charge is 0.497 e. The van der Waals surface area contributed by atoms with Crippen molar-refractivity contribution in [3.63, 3.8) is 0 Å². The van der Waals surface area contributed by atoms with E-state index in [0.29, 0.717) is 11.6 Å². The highest BCUT2D eigenvalue weighted by Gasteiger charge is 2.33. The van der Waals surface area contributed by atoms with Crippen LogP contribution in [-0.2, 0) is 0 Å². The third-order valence-corrected chi connectivity index (χ3v) is 4.61. The molecule has 1 saturated heterocycles. The highest BCUT2D eigenvalue weighted by Crippen LogP contribution is 2.30. The van der Waals surface area contributed by atoms with Gasteiger partial charge in [-0.1, -0.05) is 19.1 Å². The number of ether oxygens (including phenoxy) is 1. The van der Waals surface area contributed by atoms with Gasteiger partial charge in [-0.15, -0.1) is 0 Å². The van der Waals surface area contributed by atoms with Gasteiger partial charge in [0.25, 0.3) is 0 Å². The molecular weight excluding hydrogens is 260 g/mol. The van der Waals surface area contributed by atoms with Crippen molar-refractivity contribution < 1.29 is 4.74 Å². The van der Waals surface area contributed by atoms with Crippen LogP contribution < -0.4 is 10.1 Å². The highest BCUT2D eigenvalue weighted by molar-refractivity contribution is 5.30. The molecule has 0 amide bonds. The summed E-state index contributed by atoms with van der Waals surface area (Å²) >= 11 is 0. The number of hydrogen-bond donors (Lipinski definition) is 1. The van der Waals surface area contributed by atoms with Gasteiger partial charge in [0, 0.05) is 18.1 Å². The topological polar surface area (TPSA) is 24.5 Å². The van der Waals surface area contributed by atoms with Gasteiger partial charge in [-0.3, -0.25) is 4.90 Å². The summed E-state index contributed by atoms with van der Waals surface area (Å²) in [4.78, 5) is 2.62. The van der Waals surface area contributed by atoms with Gasteiger partial charge in [0.05, 0.1) is 7.11 Å². The summed E-state index contributed by atoms with van der Waals surface area (Å²) in [6, 6.07) is 8.84. The minimum absolute atomic E-state index is 0.324. The van der Waals surface area contributed by atoms with E-state index in [9.17, 15) is 0 Å². The molecule has 0 spiro atoms. The lowest BCUT2D eigenvalue weighted by molar-refractivity contribution is 0.156. The lowest BCUT2D eigenvalue weighted by atomic mass is 10.00. The van der Waals surface area contributed by atoms with Gasteiger partial charge in [-0.25, -0.2) is 0 Å². The first-order valence-electron chi connectivity index (χ1n) is 8.19. The fraction of sp³-hybridized carbons (Fsp3) is 0.667. The van der Waals surface area contributed by atoms with Crippen molar-refractivity contribution in [2.45, 2.75) is 51.6 Å². The first-order valence-corrected chi connectivity index (χ1v) is 8.19. The van der Waals surface area contributed by atoms with Crippen molar-refractivity contribution in [2.75, 3.05) is 26.7 Å². The van der Waals surface area contributed by atoms with E-state index in [1.807, 2.05) is 6.07 Å². The Balaban J connectivity index is 2.13. The number of methoxy groups -OCH3 is 1. The lowest BCUT2D eigenvalue weighted by Crippen LogP contribution is -2.43. The molecule has 0 aromatic heterocycles. The first-order chi connectivity index (χ1) is 10.1. The highest BCUT2D eigenvalue weighted by atomic mass is 16.5. The Labute approximate surface area is 129 Å². The molecule has 1 unspecified atom stereocenters. The molecule has 1 heterocycles. The van der Waals surface area contributed by atoms with Crippen molar-refractivity contribution in [3.8, 4) is 5.75 Å². The van der Waals surface area contributed by atoms with Crippen LogP contribution in [-0.4, -0.2) is 37.2 Å². The van der Waals surface area contributed by atoms with Crippen LogP contribution in [0.25, 0.3) is 0 Å². The molecule has 118 valence electrons. The molecule has 1 N–H and O–H groups in total. The van der Waals surface area contributed by atoms with Gasteiger partial charge in [0.1, 0.15) is 5.75 Å². The van der Waals surface area contributed by atoms with Gasteiger partial charge < -0.3 is 10.1 Å². The Morgan fingerprint density at radius 3 is 2.81 bits per heavy atom. The molecular formula is C18H30N2O. The fourth-order valence-electron chi connectivity index (χ4n) is 3.19. The second kappa shape index (κ2) is 7.28. The van der Waals surface area contributed by atoms with Crippen molar-refractivity contribution in [1.29, 1.82) is 0 Å². The van der Waals surface area contributed by atoms with E-state index in [1.54, 1.807) is 7.11 Å². The standard InChI is InChI=1S/C18H30N2O/c1-5-11-19-17(14-20-12-7-10-18(20,2)3)15-8-6-9-16(13-15)21-4/h6,8-9,13,17,19H,5,7,10-12,14H2,1-4H3. The van der Waals surface area contributed by atoms with Crippen molar-refractivity contribution >= 4 is 0 Å². The summed E-state index contributed by atoms with van der Waals surface area (Å²) in [6.45, 7) is 10.3. The van der Waals surface area contributed by atoms with Crippen LogP contribution in [0.3, 0.4) is 0 Å². The molecule has 0 aliphatic carbocycles. The smallest absolute Gasteiger partial charge is 0.119 e. The van der Waals surface area contributed by atoms with Crippen LogP contribution in [0, 0.1) is 0 Å². The summed E-state index contributed by atoms with van der Waals surface area (Å²) in [5.74, 6) is 0.941. The SMILES string of the molecule is CCCNC(CN1CCCC1(C)C)c1cccc(OC)c1. The van der Waals surface area contributed by atoms with Gasteiger partial charge >= 0.3 is 0 Å². The normalized spacial score (nSPS) is 19.6. The summed E-state index contributed by atoms with van der Waals surface area (Å²) in [5, 5.41) is 3.70. The molecule has 1 aliphatic rings. The van der Waals surface area contributed by atoms with Crippen molar-refractivity contribution in [2.24, 2.45) is 0 Å². The molecule has 1 atom stereocenters. The molecule has 1 aromatic carbocycles. The zero-order valence-electron chi connectivity index (χ0n) is 14.0. The van der Waals surface area contributed by atoms with E-state index in [1.165, 1.54) is 24.9 Å². The first kappa shape index (κ1) is 16.3. The monoisotopic (exact) mass is 290 g/mol. The molecule has 0 radical (unpaired) electrons. The fourth-order valence-corrected chi connectivity index (χ4v) is 3.19. The number of benzene rings is 1. The number of rotatable bonds is 7. The average molecular weight is 290 g/mol. The van der Waals surface area contributed by atoms with E-state index >= 15 is 0 Å². The third-order valence-electron chi connectivity index (χ3n) is 4.61. The maximum Gasteiger partial charge on any atom is 0.119 e. The molecule has 1 fully saturated rings. The van der Waals surface area contributed by atoms with Crippen LogP contribution in [0.1, 0.15) is 51.6 Å². The van der Waals surface area contributed by atoms with Gasteiger partial charge in [-0.2, -0.15) is 0 Å². The Bertz CT molecular complexity index is 445. The van der Waals surface area contributed by atoms with Gasteiger partial charge in [-0.05, 0) is 63.9 Å². The van der Waals surface area contributed by atoms with Gasteiger partial charge in [0.2, 0.25) is 0 Å². The Morgan fingerprint density at radius 1 is 1.38 bits per heavy atom. The molecule has 3 nitrogen and oxygen atoms in total. The maximum atomic E-state index is 5.38. The zero-order valence-corrected chi connectivity index (χ0v) is 14.0. The molecule has 1 aliphatic heterocycles. The Morgan fingerprint density at radius 2 is 2.19 bits per heavy atom. The summed E-state index contributed by atoms with van der Waals surface area (Å²) < 4.78 is 5.38. The van der Waals surface area contributed by atoms with Crippen LogP contribution in [0.5, 0.6) is 5.75 Å². The summed E-state index contributed by atoms with van der Waals surface area (Å²) in [5.41, 5.74) is 1.65. The quantitative estimate of drug-likeness (QED) is 0.830. The lowest BCUT2D eigenvalue weighted by Gasteiger charge is -2.35. The van der Waals surface area contributed by atoms with Crippen molar-refractivity contribution in [3.05, 3.63) is 29.8 Å². The molecule has 21 heavy (non-hydrogen) atoms. The Hall–Kier alpha value is -1.06. The molecule has 0 bridgehead atoms. The van der Waals surface area contributed by atoms with Crippen molar-refractivity contribution in [1.82, 2.24) is 10.2 Å². The zero-order chi connectivity index (χ0) is 15.3. The van der Waals surface area contributed by atoms with Crippen LogP contribution in [0.2, 0.25) is 0 Å². The van der Waals surface area contributed by atoms with E-state index in [4.69, 9.17) is 4.74 Å². The van der Waals surface area contributed by atoms with Crippen LogP contribution in [0.4, 0.5) is 0 Å². The number of nitrogens with zero attached hydrogens (tertiary/aromatic N) is 1. The molecule has 3 heteroatoms. The number of hydrogen-bond acceptors (Lipinski definition) is 3. The predicted octanol–water partition coefficient (Wildman–Crippen LogP) is 3.61. The summed E-state index contributed by atoms with van der Waals surface area (Å²) in [7, 11) is 1.73. The molecule has 2 rings (SSSR count). The van der Waals surface area contributed by atoms with Crippen LogP contribution in [0.15, 0.2) is 24.3 Å². The van der Waals surface area contributed by atoms with E-state index in [-0.39, 0.29) is 0 Å². The van der Waals surface area contributed by atoms with E-state index < -0.39 is 0 Å². The van der Waals surface area contributed by atoms with E-state index in [0.717, 1.165) is 25.3 Å². The molecule has 1 aromatic rings.